The molecule has 0 aliphatic carbocycles. The van der Waals surface area contributed by atoms with Gasteiger partial charge in [-0.1, -0.05) is 50.4 Å². The zero-order valence-corrected chi connectivity index (χ0v) is 27.7. The fourth-order valence-electron chi connectivity index (χ4n) is 7.74. The van der Waals surface area contributed by atoms with Gasteiger partial charge in [-0.2, -0.15) is 10.5 Å². The van der Waals surface area contributed by atoms with Crippen molar-refractivity contribution >= 4 is 34.1 Å². The summed E-state index contributed by atoms with van der Waals surface area (Å²) < 4.78 is 48.0. The molecule has 0 amide bonds. The number of halogens is 3. The average Bonchev–Trinajstić information content (AvgIpc) is 3.02. The monoisotopic (exact) mass is 639 g/mol. The number of rotatable bonds is 1. The van der Waals surface area contributed by atoms with Crippen molar-refractivity contribution in [3.05, 3.63) is 64.9 Å². The zero-order valence-electron chi connectivity index (χ0n) is 26.8. The van der Waals surface area contributed by atoms with Gasteiger partial charge < -0.3 is 15.1 Å². The van der Waals surface area contributed by atoms with Crippen molar-refractivity contribution in [3.63, 3.8) is 0 Å². The van der Waals surface area contributed by atoms with Gasteiger partial charge in [0, 0.05) is 30.3 Å². The SMILES string of the molecule is C=C1C(C2CCS(=C)CC2)=Cc2c3ncnc2N1CCCCCC(C)CN1CCC(CC1)C(F)(F)c1cccc(c1F)[C@@H](C)N3. The minimum atomic E-state index is -3.24. The number of allylic oxidation sites excluding steroid dienone is 1. The maximum atomic E-state index is 16.1. The Hall–Kier alpha value is -2.65. The molecule has 244 valence electrons. The predicted molar refractivity (Wildman–Crippen MR) is 183 cm³/mol. The third-order valence-corrected chi connectivity index (χ3v) is 12.1. The number of aromatic nitrogens is 2. The second-order valence-electron chi connectivity index (χ2n) is 13.7. The quantitative estimate of drug-likeness (QED) is 0.317. The number of anilines is 2. The Morgan fingerprint density at radius 3 is 2.49 bits per heavy atom. The van der Waals surface area contributed by atoms with E-state index in [0.29, 0.717) is 43.6 Å². The van der Waals surface area contributed by atoms with E-state index in [4.69, 9.17) is 4.98 Å². The predicted octanol–water partition coefficient (Wildman–Crippen LogP) is 8.63. The molecule has 5 aliphatic rings. The van der Waals surface area contributed by atoms with Gasteiger partial charge in [0.15, 0.2) is 0 Å². The Balaban J connectivity index is 1.37. The zero-order chi connectivity index (χ0) is 31.7. The molecule has 8 bridgehead atoms. The topological polar surface area (TPSA) is 44.3 Å². The van der Waals surface area contributed by atoms with Crippen molar-refractivity contribution < 1.29 is 13.2 Å². The third-order valence-electron chi connectivity index (χ3n) is 10.5. The fraction of sp³-hybridized carbons (Fsp3) is 0.583. The number of piperidine rings is 1. The lowest BCUT2D eigenvalue weighted by Gasteiger charge is -2.37. The summed E-state index contributed by atoms with van der Waals surface area (Å²) in [5.74, 6) is 3.88. The molecule has 1 aromatic heterocycles. The highest BCUT2D eigenvalue weighted by Crippen LogP contribution is 2.45. The van der Waals surface area contributed by atoms with Gasteiger partial charge in [0.05, 0.1) is 17.2 Å². The number of benzene rings is 1. The number of nitrogens with zero attached hydrogens (tertiary/aromatic N) is 4. The molecule has 1 aromatic carbocycles. The van der Waals surface area contributed by atoms with Crippen LogP contribution in [0.1, 0.15) is 87.9 Å². The molecule has 5 nitrogen and oxygen atoms in total. The lowest BCUT2D eigenvalue weighted by atomic mass is 9.85. The fourth-order valence-corrected chi connectivity index (χ4v) is 9.18. The number of fused-ring (bicyclic) bond motifs is 9. The second kappa shape index (κ2) is 13.6. The normalized spacial score (nSPS) is 31.0. The maximum Gasteiger partial charge on any atom is 0.278 e. The van der Waals surface area contributed by atoms with Crippen molar-refractivity contribution in [1.29, 1.82) is 0 Å². The Bertz CT molecular complexity index is 1440. The highest BCUT2D eigenvalue weighted by atomic mass is 32.2. The summed E-state index contributed by atoms with van der Waals surface area (Å²) in [7, 11) is 0.215. The largest absolute Gasteiger partial charge is 0.363 e. The van der Waals surface area contributed by atoms with Gasteiger partial charge in [-0.05, 0) is 93.5 Å². The van der Waals surface area contributed by atoms with Crippen molar-refractivity contribution in [1.82, 2.24) is 14.9 Å². The molecular weight excluding hydrogens is 591 g/mol. The molecule has 2 aromatic rings. The van der Waals surface area contributed by atoms with Gasteiger partial charge in [0.1, 0.15) is 23.8 Å². The maximum absolute atomic E-state index is 16.1. The Morgan fingerprint density at radius 1 is 0.978 bits per heavy atom. The number of nitrogens with one attached hydrogen (secondary N) is 1. The van der Waals surface area contributed by atoms with Gasteiger partial charge >= 0.3 is 0 Å². The molecule has 0 saturated carbocycles. The first-order chi connectivity index (χ1) is 21.6. The van der Waals surface area contributed by atoms with Crippen molar-refractivity contribution in [3.8, 4) is 0 Å². The third kappa shape index (κ3) is 6.76. The molecular formula is C36H48F3N5S. The van der Waals surface area contributed by atoms with E-state index in [2.05, 4.69) is 45.5 Å². The summed E-state index contributed by atoms with van der Waals surface area (Å²) in [4.78, 5) is 13.9. The van der Waals surface area contributed by atoms with E-state index >= 15 is 13.2 Å². The molecule has 0 spiro atoms. The summed E-state index contributed by atoms with van der Waals surface area (Å²) in [5, 5.41) is 3.39. The molecule has 1 unspecified atom stereocenters. The summed E-state index contributed by atoms with van der Waals surface area (Å²) >= 11 is 0. The molecule has 45 heavy (non-hydrogen) atoms. The van der Waals surface area contributed by atoms with Gasteiger partial charge in [-0.3, -0.25) is 0 Å². The van der Waals surface area contributed by atoms with E-state index in [1.165, 1.54) is 18.0 Å². The van der Waals surface area contributed by atoms with Crippen molar-refractivity contribution in [2.24, 2.45) is 17.8 Å². The van der Waals surface area contributed by atoms with Gasteiger partial charge in [-0.15, -0.1) is 0 Å². The van der Waals surface area contributed by atoms with Crippen LogP contribution in [-0.4, -0.2) is 58.4 Å². The summed E-state index contributed by atoms with van der Waals surface area (Å²) in [5.41, 5.74) is 2.80. The van der Waals surface area contributed by atoms with E-state index in [1.807, 2.05) is 6.92 Å². The molecule has 2 saturated heterocycles. The highest BCUT2D eigenvalue weighted by molar-refractivity contribution is 8.14. The standard InChI is InChI=1S/C36H48F3N5S/c1-24-9-6-5-7-16-44-26(3)30(27-14-19-45(4)20-15-27)21-31-34(40-23-41-35(31)44)42-25(2)29-10-8-11-32(33(29)37)36(38,39)28-12-17-43(22-24)18-13-28/h8,10-11,21,23-25,27-28H,3-7,9,12-20,22H2,1-2H3,(H,40,41,42)/t24?,25-,27?,45?/m1/s1. The molecule has 0 radical (unpaired) electrons. The summed E-state index contributed by atoms with van der Waals surface area (Å²) in [6.07, 6.45) is 11.0. The van der Waals surface area contributed by atoms with E-state index in [9.17, 15) is 0 Å². The number of hydrogen-bond acceptors (Lipinski definition) is 5. The first-order valence-corrected chi connectivity index (χ1v) is 18.5. The lowest BCUT2D eigenvalue weighted by Crippen LogP contribution is -2.41. The Kier molecular flexibility index (Phi) is 9.76. The van der Waals surface area contributed by atoms with E-state index in [-0.39, 0.29) is 16.0 Å². The minimum absolute atomic E-state index is 0.215. The first-order valence-electron chi connectivity index (χ1n) is 16.8. The molecule has 6 heterocycles. The molecule has 9 heteroatoms. The highest BCUT2D eigenvalue weighted by Gasteiger charge is 2.45. The van der Waals surface area contributed by atoms with Crippen molar-refractivity contribution in [2.75, 3.05) is 47.9 Å². The lowest BCUT2D eigenvalue weighted by molar-refractivity contribution is -0.0886. The van der Waals surface area contributed by atoms with Gasteiger partial charge in [0.25, 0.3) is 5.92 Å². The van der Waals surface area contributed by atoms with Crippen molar-refractivity contribution in [2.45, 2.75) is 77.2 Å². The molecule has 5 aliphatic heterocycles. The first kappa shape index (κ1) is 32.3. The average molecular weight is 640 g/mol. The van der Waals surface area contributed by atoms with Crippen LogP contribution in [0.15, 0.2) is 42.4 Å². The molecule has 2 atom stereocenters. The summed E-state index contributed by atoms with van der Waals surface area (Å²) in [6, 6.07) is 3.84. The van der Waals surface area contributed by atoms with Crippen LogP contribution in [0.3, 0.4) is 0 Å². The van der Waals surface area contributed by atoms with E-state index < -0.39 is 29.3 Å². The van der Waals surface area contributed by atoms with Crippen LogP contribution < -0.4 is 10.2 Å². The second-order valence-corrected chi connectivity index (χ2v) is 15.7. The van der Waals surface area contributed by atoms with Crippen LogP contribution >= 0.6 is 10.5 Å². The van der Waals surface area contributed by atoms with Crippen LogP contribution in [0.4, 0.5) is 24.8 Å². The van der Waals surface area contributed by atoms with E-state index in [1.54, 1.807) is 12.1 Å². The van der Waals surface area contributed by atoms with Crippen LogP contribution in [-0.2, 0) is 5.92 Å². The van der Waals surface area contributed by atoms with Crippen LogP contribution in [0.25, 0.3) is 6.08 Å². The van der Waals surface area contributed by atoms with Crippen LogP contribution in [0.5, 0.6) is 0 Å². The molecule has 1 N–H and O–H groups in total. The van der Waals surface area contributed by atoms with E-state index in [0.717, 1.165) is 80.2 Å². The van der Waals surface area contributed by atoms with Crippen LogP contribution in [0, 0.1) is 23.6 Å². The smallest absolute Gasteiger partial charge is 0.278 e. The summed E-state index contributed by atoms with van der Waals surface area (Å²) in [6.45, 7) is 11.7. The molecule has 2 fully saturated rings. The van der Waals surface area contributed by atoms with Crippen LogP contribution in [0.2, 0.25) is 0 Å². The number of hydrogen-bond donors (Lipinski definition) is 1. The Morgan fingerprint density at radius 2 is 1.73 bits per heavy atom. The Labute approximate surface area is 269 Å². The minimum Gasteiger partial charge on any atom is -0.363 e. The molecule has 7 rings (SSSR count). The number of alkyl halides is 2. The van der Waals surface area contributed by atoms with Gasteiger partial charge in [-0.25, -0.2) is 23.1 Å². The van der Waals surface area contributed by atoms with Gasteiger partial charge in [0.2, 0.25) is 0 Å².